The summed E-state index contributed by atoms with van der Waals surface area (Å²) in [4.78, 5) is 26.0. The minimum absolute atomic E-state index is 0.199. The number of thiazole rings is 1. The van der Waals surface area contributed by atoms with Gasteiger partial charge >= 0.3 is 0 Å². The van der Waals surface area contributed by atoms with Gasteiger partial charge in [0.25, 0.3) is 0 Å². The normalized spacial score (nSPS) is 10.6. The van der Waals surface area contributed by atoms with Crippen LogP contribution in [0.4, 0.5) is 15.2 Å². The molecular formula is C16H13FN4OS2. The van der Waals surface area contributed by atoms with Gasteiger partial charge in [0, 0.05) is 30.5 Å². The molecule has 1 aromatic carbocycles. The van der Waals surface area contributed by atoms with Gasteiger partial charge in [0.1, 0.15) is 5.82 Å². The minimum atomic E-state index is -0.462. The standard InChI is InChI=1S/C16H13FN4OS2/c1-11(22)21(14-6-3-2-5-13(14)17)16-20-12(10-24-16)9-23-15-18-7-4-8-19-15/h2-8,10H,9H2,1H3. The van der Waals surface area contributed by atoms with Crippen LogP contribution in [0.15, 0.2) is 53.3 Å². The molecule has 3 rings (SSSR count). The molecule has 0 atom stereocenters. The van der Waals surface area contributed by atoms with Gasteiger partial charge in [0.15, 0.2) is 10.3 Å². The summed E-state index contributed by atoms with van der Waals surface area (Å²) < 4.78 is 14.0. The summed E-state index contributed by atoms with van der Waals surface area (Å²) in [5, 5.41) is 2.95. The van der Waals surface area contributed by atoms with Crippen molar-refractivity contribution in [2.45, 2.75) is 17.8 Å². The maximum absolute atomic E-state index is 14.0. The lowest BCUT2D eigenvalue weighted by Crippen LogP contribution is -2.23. The zero-order valence-electron chi connectivity index (χ0n) is 12.7. The van der Waals surface area contributed by atoms with Gasteiger partial charge in [-0.05, 0) is 18.2 Å². The summed E-state index contributed by atoms with van der Waals surface area (Å²) in [6, 6.07) is 7.91. The minimum Gasteiger partial charge on any atom is -0.274 e. The van der Waals surface area contributed by atoms with Gasteiger partial charge < -0.3 is 0 Å². The maximum Gasteiger partial charge on any atom is 0.230 e. The molecule has 0 saturated carbocycles. The van der Waals surface area contributed by atoms with E-state index in [9.17, 15) is 9.18 Å². The number of thioether (sulfide) groups is 1. The molecule has 3 aromatic rings. The van der Waals surface area contributed by atoms with Gasteiger partial charge in [-0.25, -0.2) is 19.3 Å². The molecule has 0 aliphatic rings. The second kappa shape index (κ2) is 7.50. The Morgan fingerprint density at radius 1 is 1.25 bits per heavy atom. The zero-order chi connectivity index (χ0) is 16.9. The number of aromatic nitrogens is 3. The van der Waals surface area contributed by atoms with Gasteiger partial charge in [-0.15, -0.1) is 11.3 Å². The first kappa shape index (κ1) is 16.5. The van der Waals surface area contributed by atoms with Crippen LogP contribution < -0.4 is 4.90 Å². The number of nitrogens with zero attached hydrogens (tertiary/aromatic N) is 4. The number of hydrogen-bond donors (Lipinski definition) is 0. The number of anilines is 2. The van der Waals surface area contributed by atoms with E-state index in [-0.39, 0.29) is 11.6 Å². The van der Waals surface area contributed by atoms with E-state index in [0.29, 0.717) is 16.0 Å². The topological polar surface area (TPSA) is 59.0 Å². The summed E-state index contributed by atoms with van der Waals surface area (Å²) in [6.07, 6.45) is 3.36. The average molecular weight is 360 g/mol. The van der Waals surface area contributed by atoms with Crippen LogP contribution in [-0.2, 0) is 10.5 Å². The molecule has 2 heterocycles. The third-order valence-electron chi connectivity index (χ3n) is 3.03. The summed E-state index contributed by atoms with van der Waals surface area (Å²) in [6.45, 7) is 1.39. The van der Waals surface area contributed by atoms with Crippen LogP contribution in [0.2, 0.25) is 0 Å². The highest BCUT2D eigenvalue weighted by Gasteiger charge is 2.20. The number of hydrogen-bond acceptors (Lipinski definition) is 6. The molecule has 5 nitrogen and oxygen atoms in total. The van der Waals surface area contributed by atoms with Crippen molar-refractivity contribution in [1.82, 2.24) is 15.0 Å². The van der Waals surface area contributed by atoms with Gasteiger partial charge in [0.05, 0.1) is 11.4 Å². The first-order valence-electron chi connectivity index (χ1n) is 7.04. The summed E-state index contributed by atoms with van der Waals surface area (Å²) in [5.41, 5.74) is 0.986. The molecule has 122 valence electrons. The molecule has 0 fully saturated rings. The summed E-state index contributed by atoms with van der Waals surface area (Å²) in [7, 11) is 0. The highest BCUT2D eigenvalue weighted by Crippen LogP contribution is 2.32. The van der Waals surface area contributed by atoms with E-state index in [1.54, 1.807) is 36.7 Å². The van der Waals surface area contributed by atoms with E-state index in [0.717, 1.165) is 5.69 Å². The Kier molecular flexibility index (Phi) is 5.17. The number of benzene rings is 1. The number of rotatable bonds is 5. The molecule has 0 aliphatic heterocycles. The largest absolute Gasteiger partial charge is 0.274 e. The SMILES string of the molecule is CC(=O)N(c1nc(CSc2ncccn2)cs1)c1ccccc1F. The molecule has 8 heteroatoms. The van der Waals surface area contributed by atoms with Crippen molar-refractivity contribution in [3.05, 3.63) is 59.6 Å². The Labute approximate surface area is 146 Å². The molecule has 0 unspecified atom stereocenters. The number of halogens is 1. The molecule has 0 bridgehead atoms. The van der Waals surface area contributed by atoms with Crippen molar-refractivity contribution in [2.75, 3.05) is 4.90 Å². The fraction of sp³-hybridized carbons (Fsp3) is 0.125. The number of carbonyl (C=O) groups excluding carboxylic acids is 1. The summed E-state index contributed by atoms with van der Waals surface area (Å²) >= 11 is 2.75. The van der Waals surface area contributed by atoms with Crippen molar-refractivity contribution in [3.63, 3.8) is 0 Å². The Hall–Kier alpha value is -2.32. The van der Waals surface area contributed by atoms with E-state index >= 15 is 0 Å². The van der Waals surface area contributed by atoms with E-state index in [1.165, 1.54) is 41.0 Å². The third kappa shape index (κ3) is 3.77. The van der Waals surface area contributed by atoms with Crippen molar-refractivity contribution in [1.29, 1.82) is 0 Å². The van der Waals surface area contributed by atoms with E-state index in [4.69, 9.17) is 0 Å². The van der Waals surface area contributed by atoms with Crippen molar-refractivity contribution >= 4 is 39.8 Å². The molecule has 0 radical (unpaired) electrons. The Morgan fingerprint density at radius 2 is 2.00 bits per heavy atom. The van der Waals surface area contributed by atoms with Crippen molar-refractivity contribution in [3.8, 4) is 0 Å². The van der Waals surface area contributed by atoms with Crippen molar-refractivity contribution < 1.29 is 9.18 Å². The van der Waals surface area contributed by atoms with E-state index in [2.05, 4.69) is 15.0 Å². The highest BCUT2D eigenvalue weighted by molar-refractivity contribution is 7.98. The molecule has 0 spiro atoms. The Bertz CT molecular complexity index is 841. The molecule has 24 heavy (non-hydrogen) atoms. The average Bonchev–Trinajstić information content (AvgIpc) is 3.04. The predicted molar refractivity (Wildman–Crippen MR) is 92.9 cm³/mol. The van der Waals surface area contributed by atoms with Crippen LogP contribution in [0.1, 0.15) is 12.6 Å². The first-order chi connectivity index (χ1) is 11.6. The third-order valence-corrected chi connectivity index (χ3v) is 4.81. The van der Waals surface area contributed by atoms with Crippen LogP contribution in [0.25, 0.3) is 0 Å². The van der Waals surface area contributed by atoms with Crippen LogP contribution in [0, 0.1) is 5.82 Å². The van der Waals surface area contributed by atoms with Crippen LogP contribution >= 0.6 is 23.1 Å². The molecular weight excluding hydrogens is 347 g/mol. The molecule has 0 saturated heterocycles. The number of amides is 1. The van der Waals surface area contributed by atoms with Gasteiger partial charge in [-0.1, -0.05) is 23.9 Å². The molecule has 1 amide bonds. The zero-order valence-corrected chi connectivity index (χ0v) is 14.4. The maximum atomic E-state index is 14.0. The fourth-order valence-corrected chi connectivity index (χ4v) is 3.69. The molecule has 0 N–H and O–H groups in total. The Morgan fingerprint density at radius 3 is 2.71 bits per heavy atom. The summed E-state index contributed by atoms with van der Waals surface area (Å²) in [5.74, 6) is -0.180. The Balaban J connectivity index is 1.80. The number of carbonyl (C=O) groups is 1. The van der Waals surface area contributed by atoms with Crippen molar-refractivity contribution in [2.24, 2.45) is 0 Å². The highest BCUT2D eigenvalue weighted by atomic mass is 32.2. The second-order valence-electron chi connectivity index (χ2n) is 4.75. The molecule has 2 aromatic heterocycles. The number of para-hydroxylation sites is 1. The van der Waals surface area contributed by atoms with Gasteiger partial charge in [0.2, 0.25) is 5.91 Å². The van der Waals surface area contributed by atoms with Crippen LogP contribution in [0.3, 0.4) is 0 Å². The smallest absolute Gasteiger partial charge is 0.230 e. The lowest BCUT2D eigenvalue weighted by atomic mass is 10.3. The lowest BCUT2D eigenvalue weighted by molar-refractivity contribution is -0.115. The monoisotopic (exact) mass is 360 g/mol. The fourth-order valence-electron chi connectivity index (χ4n) is 2.00. The predicted octanol–water partition coefficient (Wildman–Crippen LogP) is 4.05. The lowest BCUT2D eigenvalue weighted by Gasteiger charge is -2.18. The van der Waals surface area contributed by atoms with Gasteiger partial charge in [-0.2, -0.15) is 0 Å². The second-order valence-corrected chi connectivity index (χ2v) is 6.53. The molecule has 0 aliphatic carbocycles. The quantitative estimate of drug-likeness (QED) is 0.507. The van der Waals surface area contributed by atoms with Crippen LogP contribution in [0.5, 0.6) is 0 Å². The first-order valence-corrected chi connectivity index (χ1v) is 8.91. The van der Waals surface area contributed by atoms with E-state index < -0.39 is 5.82 Å². The van der Waals surface area contributed by atoms with Gasteiger partial charge in [-0.3, -0.25) is 9.69 Å². The van der Waals surface area contributed by atoms with E-state index in [1.807, 2.05) is 5.38 Å². The van der Waals surface area contributed by atoms with Crippen LogP contribution in [-0.4, -0.2) is 20.9 Å².